The number of thiazole rings is 1. The molecule has 7 heteroatoms. The van der Waals surface area contributed by atoms with Crippen LogP contribution in [0.2, 0.25) is 0 Å². The molecule has 0 radical (unpaired) electrons. The molecule has 0 aliphatic carbocycles. The summed E-state index contributed by atoms with van der Waals surface area (Å²) in [7, 11) is 3.02. The maximum Gasteiger partial charge on any atom is 0.270 e. The molecule has 0 fully saturated rings. The fraction of sp³-hybridized carbons (Fsp3) is 0.600. The number of hydrogen-bond donors (Lipinski definition) is 2. The first kappa shape index (κ1) is 14.0. The van der Waals surface area contributed by atoms with Crippen molar-refractivity contribution in [3.05, 3.63) is 16.1 Å². The smallest absolute Gasteiger partial charge is 0.270 e. The number of methoxy groups -OCH3 is 2. The predicted octanol–water partition coefficient (Wildman–Crippen LogP) is 0.512. The molecule has 96 valence electrons. The van der Waals surface area contributed by atoms with E-state index in [0.29, 0.717) is 5.69 Å². The number of nitrogens with one attached hydrogen (secondary N) is 1. The van der Waals surface area contributed by atoms with Crippen LogP contribution >= 0.6 is 11.3 Å². The lowest BCUT2D eigenvalue weighted by molar-refractivity contribution is -0.0974. The van der Waals surface area contributed by atoms with Gasteiger partial charge >= 0.3 is 0 Å². The van der Waals surface area contributed by atoms with Crippen LogP contribution in [0.5, 0.6) is 0 Å². The molecule has 1 heterocycles. The standard InChI is InChI=1S/C10H17N3O3S/c1-6(11)10-13-7(5-17-10)9(14)12-4-8(15-2)16-3/h5-6,8H,4,11H2,1-3H3,(H,12,14). The number of carbonyl (C=O) groups is 1. The lowest BCUT2D eigenvalue weighted by Crippen LogP contribution is -2.34. The molecule has 0 saturated carbocycles. The third-order valence-corrected chi connectivity index (χ3v) is 3.14. The SMILES string of the molecule is COC(CNC(=O)c1csc(C(C)N)n1)OC. The number of carbonyl (C=O) groups excluding carboxylic acids is 1. The number of ether oxygens (including phenoxy) is 2. The van der Waals surface area contributed by atoms with Crippen molar-refractivity contribution in [3.8, 4) is 0 Å². The Labute approximate surface area is 104 Å². The molecule has 0 bridgehead atoms. The Kier molecular flexibility index (Phi) is 5.49. The van der Waals surface area contributed by atoms with Crippen LogP contribution in [0.4, 0.5) is 0 Å². The summed E-state index contributed by atoms with van der Waals surface area (Å²) in [6, 6.07) is -0.160. The molecule has 1 amide bonds. The first-order chi connectivity index (χ1) is 8.08. The molecule has 0 saturated heterocycles. The van der Waals surface area contributed by atoms with E-state index in [-0.39, 0.29) is 18.5 Å². The molecular weight excluding hydrogens is 242 g/mol. The van der Waals surface area contributed by atoms with Crippen molar-refractivity contribution in [3.63, 3.8) is 0 Å². The molecule has 1 rings (SSSR count). The molecule has 3 N–H and O–H groups in total. The quantitative estimate of drug-likeness (QED) is 0.727. The summed E-state index contributed by atoms with van der Waals surface area (Å²) >= 11 is 1.37. The van der Waals surface area contributed by atoms with Crippen LogP contribution in [-0.4, -0.2) is 37.9 Å². The van der Waals surface area contributed by atoms with E-state index in [0.717, 1.165) is 5.01 Å². The van der Waals surface area contributed by atoms with Crippen molar-refractivity contribution in [2.24, 2.45) is 5.73 Å². The van der Waals surface area contributed by atoms with Crippen LogP contribution in [0, 0.1) is 0 Å². The fourth-order valence-corrected chi connectivity index (χ4v) is 1.89. The van der Waals surface area contributed by atoms with Gasteiger partial charge in [-0.25, -0.2) is 4.98 Å². The summed E-state index contributed by atoms with van der Waals surface area (Å²) in [4.78, 5) is 15.8. The Morgan fingerprint density at radius 1 is 1.59 bits per heavy atom. The second kappa shape index (κ2) is 6.65. The number of nitrogens with zero attached hydrogens (tertiary/aromatic N) is 1. The number of hydrogen-bond acceptors (Lipinski definition) is 6. The van der Waals surface area contributed by atoms with Crippen molar-refractivity contribution in [1.82, 2.24) is 10.3 Å². The van der Waals surface area contributed by atoms with Gasteiger partial charge in [0.25, 0.3) is 5.91 Å². The lowest BCUT2D eigenvalue weighted by Gasteiger charge is -2.13. The third kappa shape index (κ3) is 4.04. The minimum absolute atomic E-state index is 0.160. The zero-order valence-electron chi connectivity index (χ0n) is 10.1. The third-order valence-electron chi connectivity index (χ3n) is 2.10. The molecule has 1 unspecified atom stereocenters. The van der Waals surface area contributed by atoms with E-state index in [4.69, 9.17) is 15.2 Å². The van der Waals surface area contributed by atoms with Crippen LogP contribution in [0.25, 0.3) is 0 Å². The summed E-state index contributed by atoms with van der Waals surface area (Å²) in [5.74, 6) is -0.257. The highest BCUT2D eigenvalue weighted by Crippen LogP contribution is 2.15. The van der Waals surface area contributed by atoms with Crippen molar-refractivity contribution in [2.75, 3.05) is 20.8 Å². The molecule has 6 nitrogen and oxygen atoms in total. The van der Waals surface area contributed by atoms with E-state index in [1.807, 2.05) is 6.92 Å². The molecule has 1 aromatic rings. The summed E-state index contributed by atoms with van der Waals surface area (Å²) < 4.78 is 9.91. The second-order valence-corrected chi connectivity index (χ2v) is 4.36. The van der Waals surface area contributed by atoms with Gasteiger partial charge in [-0.3, -0.25) is 4.79 Å². The average Bonchev–Trinajstić information content (AvgIpc) is 2.79. The number of aromatic nitrogens is 1. The Hall–Kier alpha value is -1.02. The van der Waals surface area contributed by atoms with Crippen LogP contribution in [0.1, 0.15) is 28.5 Å². The topological polar surface area (TPSA) is 86.5 Å². The van der Waals surface area contributed by atoms with Gasteiger partial charge in [0.15, 0.2) is 6.29 Å². The highest BCUT2D eigenvalue weighted by molar-refractivity contribution is 7.09. The van der Waals surface area contributed by atoms with Crippen LogP contribution in [-0.2, 0) is 9.47 Å². The summed E-state index contributed by atoms with van der Waals surface area (Å²) in [6.45, 7) is 2.10. The number of rotatable bonds is 6. The van der Waals surface area contributed by atoms with Gasteiger partial charge in [-0.2, -0.15) is 0 Å². The van der Waals surface area contributed by atoms with Crippen LogP contribution in [0.3, 0.4) is 0 Å². The number of amides is 1. The predicted molar refractivity (Wildman–Crippen MR) is 64.9 cm³/mol. The first-order valence-electron chi connectivity index (χ1n) is 5.13. The van der Waals surface area contributed by atoms with E-state index >= 15 is 0 Å². The zero-order chi connectivity index (χ0) is 12.8. The van der Waals surface area contributed by atoms with E-state index in [9.17, 15) is 4.79 Å². The first-order valence-corrected chi connectivity index (χ1v) is 6.01. The molecule has 1 atom stereocenters. The molecule has 0 spiro atoms. The van der Waals surface area contributed by atoms with Gasteiger partial charge in [0.1, 0.15) is 10.7 Å². The summed E-state index contributed by atoms with van der Waals surface area (Å²) in [5, 5.41) is 5.09. The highest BCUT2D eigenvalue weighted by Gasteiger charge is 2.14. The second-order valence-electron chi connectivity index (χ2n) is 3.47. The van der Waals surface area contributed by atoms with E-state index < -0.39 is 6.29 Å². The lowest BCUT2D eigenvalue weighted by atomic mass is 10.4. The van der Waals surface area contributed by atoms with Gasteiger partial charge < -0.3 is 20.5 Å². The maximum absolute atomic E-state index is 11.7. The molecule has 1 aromatic heterocycles. The summed E-state index contributed by atoms with van der Waals surface area (Å²) in [6.07, 6.45) is -0.453. The number of nitrogens with two attached hydrogens (primary N) is 1. The van der Waals surface area contributed by atoms with Gasteiger partial charge in [-0.1, -0.05) is 0 Å². The molecule has 0 aliphatic heterocycles. The van der Waals surface area contributed by atoms with Crippen molar-refractivity contribution >= 4 is 17.2 Å². The van der Waals surface area contributed by atoms with Gasteiger partial charge in [-0.05, 0) is 6.92 Å². The van der Waals surface area contributed by atoms with Crippen LogP contribution < -0.4 is 11.1 Å². The van der Waals surface area contributed by atoms with E-state index in [2.05, 4.69) is 10.3 Å². The maximum atomic E-state index is 11.7. The molecular formula is C10H17N3O3S. The Bertz CT molecular complexity index is 363. The molecule has 0 aliphatic rings. The van der Waals surface area contributed by atoms with E-state index in [1.165, 1.54) is 25.6 Å². The van der Waals surface area contributed by atoms with Crippen molar-refractivity contribution in [1.29, 1.82) is 0 Å². The monoisotopic (exact) mass is 259 g/mol. The Morgan fingerprint density at radius 2 is 2.24 bits per heavy atom. The van der Waals surface area contributed by atoms with Gasteiger partial charge in [-0.15, -0.1) is 11.3 Å². The zero-order valence-corrected chi connectivity index (χ0v) is 10.9. The molecule has 0 aromatic carbocycles. The van der Waals surface area contributed by atoms with Gasteiger partial charge in [0.05, 0.1) is 12.6 Å². The minimum atomic E-state index is -0.453. The Balaban J connectivity index is 2.52. The van der Waals surface area contributed by atoms with Crippen LogP contribution in [0.15, 0.2) is 5.38 Å². The van der Waals surface area contributed by atoms with Crippen molar-refractivity contribution < 1.29 is 14.3 Å². The average molecular weight is 259 g/mol. The van der Waals surface area contributed by atoms with Gasteiger partial charge in [0.2, 0.25) is 0 Å². The van der Waals surface area contributed by atoms with Crippen molar-refractivity contribution in [2.45, 2.75) is 19.3 Å². The van der Waals surface area contributed by atoms with Gasteiger partial charge in [0, 0.05) is 19.6 Å². The highest BCUT2D eigenvalue weighted by atomic mass is 32.1. The summed E-state index contributed by atoms with van der Waals surface area (Å²) in [5.41, 5.74) is 6.04. The fourth-order valence-electron chi connectivity index (χ4n) is 1.13. The van der Waals surface area contributed by atoms with E-state index in [1.54, 1.807) is 5.38 Å². The normalized spacial score (nSPS) is 12.8. The Morgan fingerprint density at radius 3 is 2.71 bits per heavy atom. The minimum Gasteiger partial charge on any atom is -0.354 e. The largest absolute Gasteiger partial charge is 0.354 e. The molecule has 17 heavy (non-hydrogen) atoms.